The fourth-order valence-electron chi connectivity index (χ4n) is 10.8. The second kappa shape index (κ2) is 7.36. The maximum Gasteiger partial charge on any atom is 0.316 e. The average Bonchev–Trinajstić information content (AvgIpc) is 2.76. The zero-order chi connectivity index (χ0) is 24.9. The Kier molecular flexibility index (Phi) is 5.38. The first-order chi connectivity index (χ1) is 15.7. The lowest BCUT2D eigenvalue weighted by molar-refractivity contribution is -0.215. The van der Waals surface area contributed by atoms with Gasteiger partial charge in [-0.15, -0.1) is 0 Å². The van der Waals surface area contributed by atoms with Crippen LogP contribution in [0.4, 0.5) is 0 Å². The molecule has 0 unspecified atom stereocenters. The number of ether oxygens (including phenoxy) is 1. The van der Waals surface area contributed by atoms with E-state index in [-0.39, 0.29) is 28.3 Å². The smallest absolute Gasteiger partial charge is 0.316 e. The second-order valence-corrected chi connectivity index (χ2v) is 15.3. The van der Waals surface area contributed by atoms with Crippen molar-refractivity contribution in [2.75, 3.05) is 7.11 Å². The summed E-state index contributed by atoms with van der Waals surface area (Å²) in [6, 6.07) is 0. The fourth-order valence-corrected chi connectivity index (χ4v) is 10.8. The first-order valence-electron chi connectivity index (χ1n) is 14.2. The number of hydrogen-bond acceptors (Lipinski definition) is 3. The number of fused-ring (bicyclic) bond motifs is 7. The highest BCUT2D eigenvalue weighted by Gasteiger charge is 2.71. The Morgan fingerprint density at radius 2 is 1.59 bits per heavy atom. The highest BCUT2D eigenvalue weighted by atomic mass is 16.5. The van der Waals surface area contributed by atoms with Crippen LogP contribution in [0.1, 0.15) is 113 Å². The molecule has 5 rings (SSSR count). The monoisotopic (exact) mass is 470 g/mol. The third-order valence-electron chi connectivity index (χ3n) is 13.0. The van der Waals surface area contributed by atoms with Gasteiger partial charge >= 0.3 is 5.97 Å². The van der Waals surface area contributed by atoms with Crippen LogP contribution < -0.4 is 0 Å². The molecule has 0 aromatic carbocycles. The molecule has 0 spiro atoms. The molecule has 34 heavy (non-hydrogen) atoms. The summed E-state index contributed by atoms with van der Waals surface area (Å²) in [5.74, 6) is 1.47. The Morgan fingerprint density at radius 1 is 0.912 bits per heavy atom. The maximum absolute atomic E-state index is 14.1. The maximum atomic E-state index is 14.1. The van der Waals surface area contributed by atoms with Gasteiger partial charge in [-0.25, -0.2) is 0 Å². The molecule has 0 aliphatic heterocycles. The fraction of sp³-hybridized carbons (Fsp3) is 0.903. The molecule has 4 saturated carbocycles. The molecule has 0 aromatic rings. The first-order valence-corrected chi connectivity index (χ1v) is 14.2. The van der Waals surface area contributed by atoms with Crippen LogP contribution >= 0.6 is 0 Å². The van der Waals surface area contributed by atoms with Crippen LogP contribution in [0.5, 0.6) is 0 Å². The SMILES string of the molecule is COC(=O)[C@@]12CC[C@@]3(C)CCC(C)(C)C[C@H]3C1=CC[C@@H]1[C@@]3(C)CC[C@H](O)C(C)(C)[C@@H]3CC[C@]12C. The van der Waals surface area contributed by atoms with E-state index in [9.17, 15) is 9.90 Å². The van der Waals surface area contributed by atoms with E-state index in [1.54, 1.807) is 7.11 Å². The molecular formula is C31H50O3. The third-order valence-corrected chi connectivity index (χ3v) is 13.0. The van der Waals surface area contributed by atoms with Crippen LogP contribution in [0.3, 0.4) is 0 Å². The number of hydrogen-bond donors (Lipinski definition) is 1. The highest BCUT2D eigenvalue weighted by Crippen LogP contribution is 2.76. The third kappa shape index (κ3) is 2.94. The highest BCUT2D eigenvalue weighted by molar-refractivity contribution is 5.83. The van der Waals surface area contributed by atoms with Crippen molar-refractivity contribution in [2.45, 2.75) is 119 Å². The van der Waals surface area contributed by atoms with E-state index in [4.69, 9.17) is 4.74 Å². The summed E-state index contributed by atoms with van der Waals surface area (Å²) in [6.07, 6.45) is 13.3. The van der Waals surface area contributed by atoms with Crippen LogP contribution in [-0.2, 0) is 9.53 Å². The summed E-state index contributed by atoms with van der Waals surface area (Å²) in [7, 11) is 1.62. The van der Waals surface area contributed by atoms with Gasteiger partial charge in [-0.2, -0.15) is 0 Å². The number of carbonyl (C=O) groups excluding carboxylic acids is 1. The Balaban J connectivity index is 1.66. The molecule has 1 N–H and O–H groups in total. The Morgan fingerprint density at radius 3 is 2.26 bits per heavy atom. The molecule has 8 atom stereocenters. The van der Waals surface area contributed by atoms with Gasteiger partial charge in [0, 0.05) is 0 Å². The Bertz CT molecular complexity index is 900. The van der Waals surface area contributed by atoms with Gasteiger partial charge in [-0.1, -0.05) is 60.1 Å². The minimum absolute atomic E-state index is 0.0357. The van der Waals surface area contributed by atoms with Gasteiger partial charge in [0.1, 0.15) is 0 Å². The molecule has 0 bridgehead atoms. The number of carbonyl (C=O) groups is 1. The van der Waals surface area contributed by atoms with Gasteiger partial charge < -0.3 is 9.84 Å². The van der Waals surface area contributed by atoms with Crippen molar-refractivity contribution in [1.82, 2.24) is 0 Å². The van der Waals surface area contributed by atoms with Crippen LogP contribution in [0.15, 0.2) is 11.6 Å². The van der Waals surface area contributed by atoms with Crippen molar-refractivity contribution in [3.05, 3.63) is 11.6 Å². The minimum atomic E-state index is -0.490. The summed E-state index contributed by atoms with van der Waals surface area (Å²) in [5.41, 5.74) is 1.58. The van der Waals surface area contributed by atoms with Crippen LogP contribution in [0.2, 0.25) is 0 Å². The van der Waals surface area contributed by atoms with Crippen molar-refractivity contribution in [2.24, 2.45) is 50.2 Å². The number of aliphatic hydroxyl groups is 1. The zero-order valence-electron chi connectivity index (χ0n) is 23.2. The average molecular weight is 471 g/mol. The summed E-state index contributed by atoms with van der Waals surface area (Å²) in [6.45, 7) is 16.9. The lowest BCUT2D eigenvalue weighted by Gasteiger charge is -2.70. The van der Waals surface area contributed by atoms with Gasteiger partial charge in [0.2, 0.25) is 0 Å². The van der Waals surface area contributed by atoms with E-state index in [0.717, 1.165) is 44.9 Å². The van der Waals surface area contributed by atoms with Crippen LogP contribution in [-0.4, -0.2) is 24.3 Å². The molecule has 3 heteroatoms. The molecule has 192 valence electrons. The van der Waals surface area contributed by atoms with E-state index in [1.165, 1.54) is 24.8 Å². The molecule has 0 aromatic heterocycles. The minimum Gasteiger partial charge on any atom is -0.468 e. The molecule has 0 heterocycles. The number of allylic oxidation sites excluding steroid dienone is 1. The molecule has 5 aliphatic rings. The predicted octanol–water partition coefficient (Wildman–Crippen LogP) is 7.32. The summed E-state index contributed by atoms with van der Waals surface area (Å²) in [5, 5.41) is 10.9. The number of aliphatic hydroxyl groups excluding tert-OH is 1. The molecule has 3 nitrogen and oxygen atoms in total. The normalized spacial score (nSPS) is 51.1. The van der Waals surface area contributed by atoms with Gasteiger partial charge in [0.05, 0.1) is 18.6 Å². The van der Waals surface area contributed by atoms with Crippen molar-refractivity contribution in [3.63, 3.8) is 0 Å². The van der Waals surface area contributed by atoms with E-state index in [1.807, 2.05) is 0 Å². The van der Waals surface area contributed by atoms with Crippen molar-refractivity contribution >= 4 is 5.97 Å². The second-order valence-electron chi connectivity index (χ2n) is 15.3. The lowest BCUT2D eigenvalue weighted by atomic mass is 9.33. The van der Waals surface area contributed by atoms with Crippen LogP contribution in [0.25, 0.3) is 0 Å². The number of methoxy groups -OCH3 is 1. The van der Waals surface area contributed by atoms with E-state index in [2.05, 4.69) is 54.5 Å². The van der Waals surface area contributed by atoms with Gasteiger partial charge in [0.25, 0.3) is 0 Å². The van der Waals surface area contributed by atoms with E-state index >= 15 is 0 Å². The molecule has 0 saturated heterocycles. The first kappa shape index (κ1) is 24.8. The topological polar surface area (TPSA) is 46.5 Å². The molecule has 4 fully saturated rings. The van der Waals surface area contributed by atoms with Gasteiger partial charge in [0.15, 0.2) is 0 Å². The van der Waals surface area contributed by atoms with Crippen LogP contribution in [0, 0.1) is 50.2 Å². The van der Waals surface area contributed by atoms with E-state index in [0.29, 0.717) is 28.6 Å². The molecular weight excluding hydrogens is 420 g/mol. The quantitative estimate of drug-likeness (QED) is 0.322. The van der Waals surface area contributed by atoms with Gasteiger partial charge in [-0.05, 0) is 109 Å². The Hall–Kier alpha value is -0.830. The predicted molar refractivity (Wildman–Crippen MR) is 137 cm³/mol. The Labute approximate surface area is 208 Å². The molecule has 5 aliphatic carbocycles. The van der Waals surface area contributed by atoms with E-state index < -0.39 is 5.41 Å². The summed E-state index contributed by atoms with van der Waals surface area (Å²) >= 11 is 0. The standard InChI is InChI=1S/C31H50O3/c1-26(2)15-16-28(5)17-18-31(25(33)34-8)20(21(28)19-26)9-10-23-29(6)13-12-24(32)27(3,4)22(29)11-14-30(23,31)7/h9,21-24,32H,10-19H2,1-8H3/t21-,22-,23+,24-,28+,29-,30+,31+/m0/s1. The number of esters is 1. The van der Waals surface area contributed by atoms with Crippen molar-refractivity contribution in [1.29, 1.82) is 0 Å². The number of rotatable bonds is 1. The van der Waals surface area contributed by atoms with Crippen molar-refractivity contribution < 1.29 is 14.6 Å². The summed E-state index contributed by atoms with van der Waals surface area (Å²) < 4.78 is 5.74. The van der Waals surface area contributed by atoms with Gasteiger partial charge in [-0.3, -0.25) is 4.79 Å². The lowest BCUT2D eigenvalue weighted by Crippen LogP contribution is -2.67. The largest absolute Gasteiger partial charge is 0.468 e. The molecule has 0 amide bonds. The molecule has 0 radical (unpaired) electrons. The zero-order valence-corrected chi connectivity index (χ0v) is 23.2. The summed E-state index contributed by atoms with van der Waals surface area (Å²) in [4.78, 5) is 14.1. The van der Waals surface area contributed by atoms with Crippen molar-refractivity contribution in [3.8, 4) is 0 Å².